The molecule has 1 aliphatic carbocycles. The van der Waals surface area contributed by atoms with Gasteiger partial charge in [-0.2, -0.15) is 0 Å². The van der Waals surface area contributed by atoms with E-state index >= 15 is 0 Å². The SMILES string of the molecule is COc1ccc([C@H]2CC(=O)C3=C(C2)N=C(C)C(C(=O)OCC(C)C)[C@@H]3c2ccc3c(c2)OCO3)cc1. The smallest absolute Gasteiger partial charge is 0.315 e. The van der Waals surface area contributed by atoms with Crippen molar-refractivity contribution in [2.45, 2.75) is 45.4 Å². The van der Waals surface area contributed by atoms with Crippen molar-refractivity contribution in [3.8, 4) is 17.2 Å². The van der Waals surface area contributed by atoms with Crippen LogP contribution in [0.1, 0.15) is 56.6 Å². The minimum atomic E-state index is -0.677. The van der Waals surface area contributed by atoms with Crippen LogP contribution in [0.4, 0.5) is 0 Å². The van der Waals surface area contributed by atoms with Crippen LogP contribution in [-0.2, 0) is 14.3 Å². The Hall–Kier alpha value is -3.61. The third-order valence-corrected chi connectivity index (χ3v) is 7.04. The summed E-state index contributed by atoms with van der Waals surface area (Å²) in [5.41, 5.74) is 3.91. The Balaban J connectivity index is 1.54. The van der Waals surface area contributed by atoms with E-state index in [9.17, 15) is 9.59 Å². The first kappa shape index (κ1) is 24.1. The second-order valence-electron chi connectivity index (χ2n) is 10.0. The van der Waals surface area contributed by atoms with Crippen LogP contribution in [-0.4, -0.2) is 38.0 Å². The molecule has 0 saturated heterocycles. The quantitative estimate of drug-likeness (QED) is 0.519. The van der Waals surface area contributed by atoms with Gasteiger partial charge in [-0.15, -0.1) is 0 Å². The molecule has 5 rings (SSSR count). The molecule has 2 heterocycles. The summed E-state index contributed by atoms with van der Waals surface area (Å²) in [6, 6.07) is 13.5. The Bertz CT molecular complexity index is 1240. The molecule has 3 aliphatic rings. The average Bonchev–Trinajstić information content (AvgIpc) is 3.34. The Kier molecular flexibility index (Phi) is 6.56. The zero-order valence-electron chi connectivity index (χ0n) is 21.1. The van der Waals surface area contributed by atoms with Crippen molar-refractivity contribution >= 4 is 17.5 Å². The van der Waals surface area contributed by atoms with Gasteiger partial charge in [-0.1, -0.05) is 32.0 Å². The normalized spacial score (nSPS) is 22.9. The van der Waals surface area contributed by atoms with Crippen LogP contribution >= 0.6 is 0 Å². The van der Waals surface area contributed by atoms with E-state index in [0.29, 0.717) is 42.2 Å². The highest BCUT2D eigenvalue weighted by Crippen LogP contribution is 2.48. The Labute approximate surface area is 211 Å². The molecule has 0 spiro atoms. The molecule has 2 aliphatic heterocycles. The molecule has 36 heavy (non-hydrogen) atoms. The number of ether oxygens (including phenoxy) is 4. The van der Waals surface area contributed by atoms with Crippen LogP contribution in [0.5, 0.6) is 17.2 Å². The summed E-state index contributed by atoms with van der Waals surface area (Å²) >= 11 is 0. The standard InChI is InChI=1S/C29H31NO6/c1-16(2)14-34-29(32)26-17(3)30-22-11-20(18-5-8-21(33-4)9-6-18)12-23(31)28(22)27(26)19-7-10-24-25(13-19)36-15-35-24/h5-10,13,16,20,26-27H,11-12,14-15H2,1-4H3/t20-,26?,27+/m1/s1. The molecule has 7 heteroatoms. The zero-order chi connectivity index (χ0) is 25.4. The number of hydrogen-bond donors (Lipinski definition) is 0. The fourth-order valence-corrected chi connectivity index (χ4v) is 5.28. The lowest BCUT2D eigenvalue weighted by Gasteiger charge is -2.36. The summed E-state index contributed by atoms with van der Waals surface area (Å²) in [7, 11) is 1.63. The Morgan fingerprint density at radius 3 is 2.50 bits per heavy atom. The topological polar surface area (TPSA) is 83.4 Å². The van der Waals surface area contributed by atoms with Gasteiger partial charge in [-0.25, -0.2) is 0 Å². The number of methoxy groups -OCH3 is 1. The molecule has 188 valence electrons. The van der Waals surface area contributed by atoms with E-state index in [0.717, 1.165) is 22.6 Å². The number of Topliss-reactive ketones (excluding diaryl/α,β-unsaturated/α-hetero) is 1. The number of carbonyl (C=O) groups excluding carboxylic acids is 2. The summed E-state index contributed by atoms with van der Waals surface area (Å²) in [4.78, 5) is 31.9. The predicted octanol–water partition coefficient (Wildman–Crippen LogP) is 5.20. The van der Waals surface area contributed by atoms with Gasteiger partial charge < -0.3 is 18.9 Å². The van der Waals surface area contributed by atoms with Gasteiger partial charge in [0.15, 0.2) is 17.3 Å². The maximum Gasteiger partial charge on any atom is 0.315 e. The van der Waals surface area contributed by atoms with E-state index in [1.54, 1.807) is 7.11 Å². The van der Waals surface area contributed by atoms with Crippen molar-refractivity contribution in [2.24, 2.45) is 16.8 Å². The lowest BCUT2D eigenvalue weighted by atomic mass is 9.69. The summed E-state index contributed by atoms with van der Waals surface area (Å²) in [6.07, 6.45) is 0.980. The summed E-state index contributed by atoms with van der Waals surface area (Å²) < 4.78 is 22.0. The predicted molar refractivity (Wildman–Crippen MR) is 135 cm³/mol. The fraction of sp³-hybridized carbons (Fsp3) is 0.414. The van der Waals surface area contributed by atoms with Crippen LogP contribution in [0.3, 0.4) is 0 Å². The number of hydrogen-bond acceptors (Lipinski definition) is 7. The highest BCUT2D eigenvalue weighted by molar-refractivity contribution is 6.09. The van der Waals surface area contributed by atoms with Gasteiger partial charge in [0.2, 0.25) is 6.79 Å². The third-order valence-electron chi connectivity index (χ3n) is 7.04. The number of esters is 1. The molecule has 0 radical (unpaired) electrons. The first-order valence-corrected chi connectivity index (χ1v) is 12.4. The lowest BCUT2D eigenvalue weighted by Crippen LogP contribution is -2.38. The van der Waals surface area contributed by atoms with E-state index in [-0.39, 0.29) is 30.4 Å². The molecule has 0 amide bonds. The minimum Gasteiger partial charge on any atom is -0.497 e. The molecule has 0 bridgehead atoms. The monoisotopic (exact) mass is 489 g/mol. The highest BCUT2D eigenvalue weighted by atomic mass is 16.7. The van der Waals surface area contributed by atoms with Gasteiger partial charge in [-0.05, 0) is 60.6 Å². The third kappa shape index (κ3) is 4.50. The van der Waals surface area contributed by atoms with E-state index in [4.69, 9.17) is 23.9 Å². The van der Waals surface area contributed by atoms with Crippen molar-refractivity contribution in [1.82, 2.24) is 0 Å². The maximum atomic E-state index is 13.7. The molecule has 7 nitrogen and oxygen atoms in total. The minimum absolute atomic E-state index is 0.0117. The maximum absolute atomic E-state index is 13.7. The molecule has 0 fully saturated rings. The van der Waals surface area contributed by atoms with Crippen molar-refractivity contribution in [2.75, 3.05) is 20.5 Å². The number of ketones is 1. The molecule has 0 aromatic heterocycles. The molecular formula is C29H31NO6. The molecule has 3 atom stereocenters. The van der Waals surface area contributed by atoms with Gasteiger partial charge in [0.05, 0.1) is 13.7 Å². The van der Waals surface area contributed by atoms with Crippen LogP contribution in [0.2, 0.25) is 0 Å². The first-order chi connectivity index (χ1) is 17.4. The average molecular weight is 490 g/mol. The van der Waals surface area contributed by atoms with E-state index < -0.39 is 11.8 Å². The molecular weight excluding hydrogens is 458 g/mol. The van der Waals surface area contributed by atoms with Crippen LogP contribution in [0, 0.1) is 11.8 Å². The fourth-order valence-electron chi connectivity index (χ4n) is 5.28. The van der Waals surface area contributed by atoms with Crippen molar-refractivity contribution in [3.05, 3.63) is 64.9 Å². The van der Waals surface area contributed by atoms with Gasteiger partial charge in [0.25, 0.3) is 0 Å². The Morgan fingerprint density at radius 1 is 1.06 bits per heavy atom. The van der Waals surface area contributed by atoms with Crippen LogP contribution < -0.4 is 14.2 Å². The first-order valence-electron chi connectivity index (χ1n) is 12.4. The number of benzene rings is 2. The number of rotatable bonds is 6. The summed E-state index contributed by atoms with van der Waals surface area (Å²) in [5.74, 6) is 0.752. The molecule has 1 unspecified atom stereocenters. The largest absolute Gasteiger partial charge is 0.497 e. The highest BCUT2D eigenvalue weighted by Gasteiger charge is 2.45. The molecule has 2 aromatic carbocycles. The molecule has 0 saturated carbocycles. The number of carbonyl (C=O) groups is 2. The second-order valence-corrected chi connectivity index (χ2v) is 10.0. The molecule has 0 N–H and O–H groups in total. The van der Waals surface area contributed by atoms with Crippen molar-refractivity contribution in [1.29, 1.82) is 0 Å². The summed E-state index contributed by atoms with van der Waals surface area (Å²) in [5, 5.41) is 0. The Morgan fingerprint density at radius 2 is 1.78 bits per heavy atom. The van der Waals surface area contributed by atoms with Crippen molar-refractivity contribution < 1.29 is 28.5 Å². The summed E-state index contributed by atoms with van der Waals surface area (Å²) in [6.45, 7) is 6.31. The number of fused-ring (bicyclic) bond motifs is 1. The second kappa shape index (κ2) is 9.80. The molecule has 2 aromatic rings. The van der Waals surface area contributed by atoms with E-state index in [1.165, 1.54) is 0 Å². The number of aliphatic imine (C=N–C) groups is 1. The van der Waals surface area contributed by atoms with E-state index in [2.05, 4.69) is 0 Å². The van der Waals surface area contributed by atoms with Crippen LogP contribution in [0.15, 0.2) is 58.7 Å². The van der Waals surface area contributed by atoms with Crippen molar-refractivity contribution in [3.63, 3.8) is 0 Å². The number of nitrogens with zero attached hydrogens (tertiary/aromatic N) is 1. The van der Waals surface area contributed by atoms with Gasteiger partial charge in [0, 0.05) is 29.3 Å². The van der Waals surface area contributed by atoms with Gasteiger partial charge in [0.1, 0.15) is 11.7 Å². The number of allylic oxidation sites excluding steroid dienone is 2. The lowest BCUT2D eigenvalue weighted by molar-refractivity contribution is -0.147. The van der Waals surface area contributed by atoms with E-state index in [1.807, 2.05) is 63.2 Å². The zero-order valence-corrected chi connectivity index (χ0v) is 21.1. The van der Waals surface area contributed by atoms with Gasteiger partial charge in [-0.3, -0.25) is 14.6 Å². The van der Waals surface area contributed by atoms with Gasteiger partial charge >= 0.3 is 5.97 Å². The van der Waals surface area contributed by atoms with Crippen LogP contribution in [0.25, 0.3) is 0 Å².